The Bertz CT molecular complexity index is 1540. The maximum atomic E-state index is 12.1. The van der Waals surface area contributed by atoms with Gasteiger partial charge in [0, 0.05) is 36.1 Å². The van der Waals surface area contributed by atoms with Crippen LogP contribution in [0.3, 0.4) is 0 Å². The SMILES string of the molecule is Cn1ncc(-c2ccc3c(=O)[nH]nc(CN)c3c2)c1-c1sc2ncncc2c1C#N. The molecule has 1 aromatic carbocycles. The van der Waals surface area contributed by atoms with Crippen LogP contribution in [0.5, 0.6) is 0 Å². The molecule has 0 aliphatic heterocycles. The van der Waals surface area contributed by atoms with Crippen LogP contribution in [0.2, 0.25) is 0 Å². The number of nitrogens with one attached hydrogen (secondary N) is 1. The zero-order valence-electron chi connectivity index (χ0n) is 15.7. The first kappa shape index (κ1) is 18.1. The molecule has 0 saturated heterocycles. The van der Waals surface area contributed by atoms with E-state index in [1.165, 1.54) is 17.7 Å². The normalized spacial score (nSPS) is 11.2. The standard InChI is InChI=1S/C20H14N8OS/c1-28-17(18-13(5-21)15-7-23-9-24-20(15)30-18)14(8-25-28)10-2-3-11-12(4-10)16(6-22)26-27-19(11)29/h2-4,7-9H,6,22H2,1H3,(H,27,29). The van der Waals surface area contributed by atoms with E-state index in [9.17, 15) is 10.1 Å². The summed E-state index contributed by atoms with van der Waals surface area (Å²) in [4.78, 5) is 22.0. The van der Waals surface area contributed by atoms with E-state index in [0.717, 1.165) is 26.5 Å². The quantitative estimate of drug-likeness (QED) is 0.462. The molecule has 0 aliphatic rings. The summed E-state index contributed by atoms with van der Waals surface area (Å²) in [7, 11) is 1.83. The fourth-order valence-electron chi connectivity index (χ4n) is 3.58. The number of hydrogen-bond acceptors (Lipinski definition) is 8. The second-order valence-corrected chi connectivity index (χ2v) is 7.65. The molecule has 5 aromatic rings. The van der Waals surface area contributed by atoms with E-state index in [4.69, 9.17) is 5.73 Å². The Balaban J connectivity index is 1.79. The summed E-state index contributed by atoms with van der Waals surface area (Å²) in [6.45, 7) is 0.199. The number of rotatable bonds is 3. The molecule has 5 rings (SSSR count). The number of aryl methyl sites for hydroxylation is 1. The summed E-state index contributed by atoms with van der Waals surface area (Å²) >= 11 is 1.42. The summed E-state index contributed by atoms with van der Waals surface area (Å²) < 4.78 is 1.73. The Labute approximate surface area is 173 Å². The van der Waals surface area contributed by atoms with E-state index < -0.39 is 0 Å². The molecule has 0 radical (unpaired) electrons. The first-order valence-electron chi connectivity index (χ1n) is 8.99. The van der Waals surface area contributed by atoms with Crippen molar-refractivity contribution in [3.63, 3.8) is 0 Å². The summed E-state index contributed by atoms with van der Waals surface area (Å²) in [5, 5.41) is 22.7. The molecule has 0 fully saturated rings. The topological polar surface area (TPSA) is 139 Å². The fraction of sp³-hybridized carbons (Fsp3) is 0.100. The van der Waals surface area contributed by atoms with Gasteiger partial charge in [0.15, 0.2) is 0 Å². The molecular formula is C20H14N8OS. The first-order valence-corrected chi connectivity index (χ1v) is 9.80. The molecule has 146 valence electrons. The lowest BCUT2D eigenvalue weighted by Crippen LogP contribution is -2.13. The van der Waals surface area contributed by atoms with Gasteiger partial charge in [-0.1, -0.05) is 6.07 Å². The summed E-state index contributed by atoms with van der Waals surface area (Å²) in [5.41, 5.74) is 9.14. The van der Waals surface area contributed by atoms with Gasteiger partial charge < -0.3 is 5.73 Å². The minimum atomic E-state index is -0.269. The molecule has 0 amide bonds. The highest BCUT2D eigenvalue weighted by Crippen LogP contribution is 2.41. The van der Waals surface area contributed by atoms with Crippen LogP contribution < -0.4 is 11.3 Å². The number of benzene rings is 1. The highest BCUT2D eigenvalue weighted by atomic mass is 32.1. The van der Waals surface area contributed by atoms with Crippen molar-refractivity contribution in [3.05, 3.63) is 58.5 Å². The maximum Gasteiger partial charge on any atom is 0.272 e. The third-order valence-electron chi connectivity index (χ3n) is 5.01. The van der Waals surface area contributed by atoms with E-state index in [1.807, 2.05) is 19.2 Å². The Morgan fingerprint density at radius 1 is 1.27 bits per heavy atom. The van der Waals surface area contributed by atoms with Crippen LogP contribution in [-0.2, 0) is 13.6 Å². The Kier molecular flexibility index (Phi) is 4.13. The van der Waals surface area contributed by atoms with Crippen molar-refractivity contribution in [2.45, 2.75) is 6.54 Å². The van der Waals surface area contributed by atoms with Crippen LogP contribution >= 0.6 is 11.3 Å². The lowest BCUT2D eigenvalue weighted by atomic mass is 10.00. The molecule has 9 nitrogen and oxygen atoms in total. The molecule has 0 aliphatic carbocycles. The summed E-state index contributed by atoms with van der Waals surface area (Å²) in [5.74, 6) is 0. The third-order valence-corrected chi connectivity index (χ3v) is 6.13. The minimum absolute atomic E-state index is 0.199. The minimum Gasteiger partial charge on any atom is -0.325 e. The van der Waals surface area contributed by atoms with Crippen LogP contribution in [0.1, 0.15) is 11.3 Å². The van der Waals surface area contributed by atoms with Crippen molar-refractivity contribution in [1.29, 1.82) is 5.26 Å². The molecule has 30 heavy (non-hydrogen) atoms. The molecule has 0 atom stereocenters. The van der Waals surface area contributed by atoms with Crippen molar-refractivity contribution < 1.29 is 0 Å². The van der Waals surface area contributed by atoms with E-state index >= 15 is 0 Å². The Morgan fingerprint density at radius 2 is 2.13 bits per heavy atom. The van der Waals surface area contributed by atoms with Gasteiger partial charge in [-0.25, -0.2) is 15.1 Å². The number of fused-ring (bicyclic) bond motifs is 2. The average molecular weight is 414 g/mol. The number of hydrogen-bond donors (Lipinski definition) is 2. The smallest absolute Gasteiger partial charge is 0.272 e. The molecule has 0 unspecified atom stereocenters. The zero-order valence-corrected chi connectivity index (χ0v) is 16.6. The zero-order chi connectivity index (χ0) is 20.8. The van der Waals surface area contributed by atoms with Crippen molar-refractivity contribution in [2.24, 2.45) is 12.8 Å². The molecule has 3 N–H and O–H groups in total. The van der Waals surface area contributed by atoms with Crippen LogP contribution in [0.25, 0.3) is 42.7 Å². The molecule has 4 aromatic heterocycles. The Morgan fingerprint density at radius 3 is 2.93 bits per heavy atom. The van der Waals surface area contributed by atoms with Gasteiger partial charge in [-0.3, -0.25) is 9.48 Å². The number of nitrogens with zero attached hydrogens (tertiary/aromatic N) is 6. The van der Waals surface area contributed by atoms with E-state index in [0.29, 0.717) is 27.4 Å². The molecule has 10 heteroatoms. The van der Waals surface area contributed by atoms with Crippen LogP contribution in [0.15, 0.2) is 41.7 Å². The molecule has 0 spiro atoms. The maximum absolute atomic E-state index is 12.1. The molecule has 0 saturated carbocycles. The van der Waals surface area contributed by atoms with Crippen molar-refractivity contribution in [1.82, 2.24) is 29.9 Å². The van der Waals surface area contributed by atoms with E-state index in [2.05, 4.69) is 31.3 Å². The Hall–Kier alpha value is -3.94. The van der Waals surface area contributed by atoms with Crippen molar-refractivity contribution in [2.75, 3.05) is 0 Å². The number of nitrogens with two attached hydrogens (primary N) is 1. The largest absolute Gasteiger partial charge is 0.325 e. The first-order chi connectivity index (χ1) is 14.6. The lowest BCUT2D eigenvalue weighted by molar-refractivity contribution is 0.777. The highest BCUT2D eigenvalue weighted by Gasteiger charge is 2.22. The monoisotopic (exact) mass is 414 g/mol. The van der Waals surface area contributed by atoms with Crippen LogP contribution in [0, 0.1) is 11.3 Å². The number of aromatic nitrogens is 6. The second-order valence-electron chi connectivity index (χ2n) is 6.65. The number of thiophene rings is 1. The lowest BCUT2D eigenvalue weighted by Gasteiger charge is -2.08. The van der Waals surface area contributed by atoms with Gasteiger partial charge in [-0.2, -0.15) is 15.5 Å². The van der Waals surface area contributed by atoms with E-state index in [-0.39, 0.29) is 12.1 Å². The fourth-order valence-corrected chi connectivity index (χ4v) is 4.73. The van der Waals surface area contributed by atoms with Gasteiger partial charge in [0.05, 0.1) is 33.4 Å². The summed E-state index contributed by atoms with van der Waals surface area (Å²) in [6, 6.07) is 7.79. The highest BCUT2D eigenvalue weighted by molar-refractivity contribution is 7.22. The number of nitriles is 1. The van der Waals surface area contributed by atoms with Crippen LogP contribution in [-0.4, -0.2) is 29.9 Å². The predicted molar refractivity (Wildman–Crippen MR) is 114 cm³/mol. The second kappa shape index (κ2) is 6.84. The molecular weight excluding hydrogens is 400 g/mol. The van der Waals surface area contributed by atoms with Crippen molar-refractivity contribution in [3.8, 4) is 27.8 Å². The van der Waals surface area contributed by atoms with Crippen LogP contribution in [0.4, 0.5) is 0 Å². The number of aromatic amines is 1. The van der Waals surface area contributed by atoms with Gasteiger partial charge in [0.2, 0.25) is 0 Å². The number of H-pyrrole nitrogens is 1. The van der Waals surface area contributed by atoms with Gasteiger partial charge in [-0.05, 0) is 17.7 Å². The average Bonchev–Trinajstić information content (AvgIpc) is 3.33. The third kappa shape index (κ3) is 2.61. The van der Waals surface area contributed by atoms with Gasteiger partial charge in [-0.15, -0.1) is 11.3 Å². The van der Waals surface area contributed by atoms with Gasteiger partial charge >= 0.3 is 0 Å². The predicted octanol–water partition coefficient (Wildman–Crippen LogP) is 2.33. The van der Waals surface area contributed by atoms with Gasteiger partial charge in [0.1, 0.15) is 17.2 Å². The summed E-state index contributed by atoms with van der Waals surface area (Å²) in [6.07, 6.45) is 4.87. The van der Waals surface area contributed by atoms with Crippen molar-refractivity contribution >= 4 is 32.3 Å². The molecule has 4 heterocycles. The van der Waals surface area contributed by atoms with Gasteiger partial charge in [0.25, 0.3) is 5.56 Å². The van der Waals surface area contributed by atoms with E-state index in [1.54, 1.807) is 23.1 Å². The molecule has 0 bridgehead atoms.